The highest BCUT2D eigenvalue weighted by atomic mass is 16.4. The molecule has 0 aliphatic heterocycles. The van der Waals surface area contributed by atoms with Crippen LogP contribution < -0.4 is 5.32 Å². The summed E-state index contributed by atoms with van der Waals surface area (Å²) in [5.74, 6) is -0.949. The zero-order valence-electron chi connectivity index (χ0n) is 15.8. The molecule has 0 unspecified atom stereocenters. The van der Waals surface area contributed by atoms with Crippen LogP contribution in [0, 0.1) is 6.92 Å². The normalized spacial score (nSPS) is 11.5. The first-order valence-electron chi connectivity index (χ1n) is 8.98. The van der Waals surface area contributed by atoms with Gasteiger partial charge >= 0.3 is 5.97 Å². The van der Waals surface area contributed by atoms with Crippen molar-refractivity contribution in [1.82, 2.24) is 4.98 Å². The van der Waals surface area contributed by atoms with Gasteiger partial charge in [0.2, 0.25) is 5.91 Å². The predicted octanol–water partition coefficient (Wildman–Crippen LogP) is 4.41. The molecule has 3 aromatic rings. The second-order valence-corrected chi connectivity index (χ2v) is 7.37. The van der Waals surface area contributed by atoms with Crippen molar-refractivity contribution in [3.8, 4) is 0 Å². The molecule has 5 nitrogen and oxygen atoms in total. The Morgan fingerprint density at radius 2 is 1.81 bits per heavy atom. The molecule has 0 bridgehead atoms. The van der Waals surface area contributed by atoms with Crippen molar-refractivity contribution in [1.29, 1.82) is 0 Å². The Bertz CT molecular complexity index is 984. The molecule has 5 heteroatoms. The second kappa shape index (κ2) is 7.27. The monoisotopic (exact) mass is 364 g/mol. The fraction of sp³-hybridized carbons (Fsp3) is 0.273. The number of H-pyrrole nitrogens is 1. The third-order valence-electron chi connectivity index (χ3n) is 5.06. The highest BCUT2D eigenvalue weighted by Crippen LogP contribution is 2.25. The standard InChI is InChI=1S/C22H24N2O3/c1-14-5-4-6-18-15(13-23-20(14)18)7-12-19(25)24-17-10-8-16(9-11-17)22(2,3)21(26)27/h4-6,8-11,13,23H,7,12H2,1-3H3,(H,24,25)(H,26,27). The minimum Gasteiger partial charge on any atom is -0.481 e. The van der Waals surface area contributed by atoms with E-state index in [2.05, 4.69) is 29.4 Å². The molecule has 3 N–H and O–H groups in total. The van der Waals surface area contributed by atoms with Crippen molar-refractivity contribution >= 4 is 28.5 Å². The molecule has 0 aliphatic carbocycles. The van der Waals surface area contributed by atoms with Crippen LogP contribution in [-0.4, -0.2) is 22.0 Å². The molecule has 0 spiro atoms. The SMILES string of the molecule is Cc1cccc2c(CCC(=O)Nc3ccc(C(C)(C)C(=O)O)cc3)c[nH]c12. The van der Waals surface area contributed by atoms with E-state index < -0.39 is 11.4 Å². The average Bonchev–Trinajstić information content (AvgIpc) is 3.05. The van der Waals surface area contributed by atoms with Gasteiger partial charge in [-0.3, -0.25) is 9.59 Å². The summed E-state index contributed by atoms with van der Waals surface area (Å²) in [6, 6.07) is 13.1. The number of nitrogens with one attached hydrogen (secondary N) is 2. The molecule has 2 aromatic carbocycles. The van der Waals surface area contributed by atoms with Crippen molar-refractivity contribution in [2.75, 3.05) is 5.32 Å². The Morgan fingerprint density at radius 3 is 2.48 bits per heavy atom. The first-order chi connectivity index (χ1) is 12.8. The van der Waals surface area contributed by atoms with Crippen molar-refractivity contribution in [3.05, 3.63) is 65.4 Å². The lowest BCUT2D eigenvalue weighted by Crippen LogP contribution is -2.28. The Balaban J connectivity index is 1.62. The fourth-order valence-corrected chi connectivity index (χ4v) is 3.14. The van der Waals surface area contributed by atoms with Crippen LogP contribution in [-0.2, 0) is 21.4 Å². The fourth-order valence-electron chi connectivity index (χ4n) is 3.14. The van der Waals surface area contributed by atoms with Gasteiger partial charge in [-0.2, -0.15) is 0 Å². The van der Waals surface area contributed by atoms with Crippen LogP contribution in [0.25, 0.3) is 10.9 Å². The number of para-hydroxylation sites is 1. The largest absolute Gasteiger partial charge is 0.481 e. The quantitative estimate of drug-likeness (QED) is 0.606. The number of carboxylic acid groups (broad SMARTS) is 1. The average molecular weight is 364 g/mol. The second-order valence-electron chi connectivity index (χ2n) is 7.37. The number of hydrogen-bond acceptors (Lipinski definition) is 2. The molecule has 0 aliphatic rings. The molecule has 3 rings (SSSR count). The summed E-state index contributed by atoms with van der Waals surface area (Å²) < 4.78 is 0. The number of aromatic amines is 1. The Kier molecular flexibility index (Phi) is 5.04. The van der Waals surface area contributed by atoms with E-state index in [9.17, 15) is 14.7 Å². The maximum absolute atomic E-state index is 12.3. The van der Waals surface area contributed by atoms with Gasteiger partial charge in [0.05, 0.1) is 5.41 Å². The number of carbonyl (C=O) groups is 2. The zero-order chi connectivity index (χ0) is 19.6. The molecule has 0 saturated heterocycles. The molecule has 1 heterocycles. The molecule has 0 saturated carbocycles. The van der Waals surface area contributed by atoms with Crippen molar-refractivity contribution in [3.63, 3.8) is 0 Å². The number of aryl methyl sites for hydroxylation is 2. The van der Waals surface area contributed by atoms with Gasteiger partial charge in [-0.05, 0) is 56.0 Å². The van der Waals surface area contributed by atoms with Crippen LogP contribution in [0.1, 0.15) is 37.0 Å². The van der Waals surface area contributed by atoms with Gasteiger partial charge in [-0.1, -0.05) is 30.3 Å². The number of amides is 1. The van der Waals surface area contributed by atoms with Gasteiger partial charge in [0.15, 0.2) is 0 Å². The number of carbonyl (C=O) groups excluding carboxylic acids is 1. The van der Waals surface area contributed by atoms with Crippen LogP contribution >= 0.6 is 0 Å². The number of hydrogen-bond donors (Lipinski definition) is 3. The number of fused-ring (bicyclic) bond motifs is 1. The minimum absolute atomic E-state index is 0.0674. The van der Waals surface area contributed by atoms with E-state index >= 15 is 0 Å². The Labute approximate surface area is 158 Å². The number of rotatable bonds is 6. The van der Waals surface area contributed by atoms with Gasteiger partial charge in [0, 0.05) is 29.2 Å². The van der Waals surface area contributed by atoms with Gasteiger partial charge in [-0.15, -0.1) is 0 Å². The van der Waals surface area contributed by atoms with E-state index in [1.807, 2.05) is 12.3 Å². The molecule has 27 heavy (non-hydrogen) atoms. The van der Waals surface area contributed by atoms with E-state index in [-0.39, 0.29) is 5.91 Å². The highest BCUT2D eigenvalue weighted by molar-refractivity contribution is 5.92. The summed E-state index contributed by atoms with van der Waals surface area (Å²) in [4.78, 5) is 26.9. The van der Waals surface area contributed by atoms with Crippen molar-refractivity contribution in [2.45, 2.75) is 39.0 Å². The minimum atomic E-state index is -0.962. The van der Waals surface area contributed by atoms with Crippen LogP contribution in [0.15, 0.2) is 48.7 Å². The number of carboxylic acids is 1. The zero-order valence-corrected chi connectivity index (χ0v) is 15.8. The first-order valence-corrected chi connectivity index (χ1v) is 8.98. The molecule has 0 fully saturated rings. The maximum Gasteiger partial charge on any atom is 0.313 e. The number of benzene rings is 2. The summed E-state index contributed by atoms with van der Waals surface area (Å²) in [5.41, 5.74) is 3.83. The molecule has 1 amide bonds. The summed E-state index contributed by atoms with van der Waals surface area (Å²) in [6.45, 7) is 5.38. The maximum atomic E-state index is 12.3. The van der Waals surface area contributed by atoms with Gasteiger partial charge in [0.25, 0.3) is 0 Å². The molecule has 0 atom stereocenters. The van der Waals surface area contributed by atoms with Gasteiger partial charge < -0.3 is 15.4 Å². The van der Waals surface area contributed by atoms with E-state index in [4.69, 9.17) is 0 Å². The van der Waals surface area contributed by atoms with Gasteiger partial charge in [0.1, 0.15) is 0 Å². The third-order valence-corrected chi connectivity index (χ3v) is 5.06. The van der Waals surface area contributed by atoms with Crippen LogP contribution in [0.4, 0.5) is 5.69 Å². The lowest BCUT2D eigenvalue weighted by Gasteiger charge is -2.19. The lowest BCUT2D eigenvalue weighted by atomic mass is 9.85. The van der Waals surface area contributed by atoms with Crippen LogP contribution in [0.2, 0.25) is 0 Å². The first kappa shape index (κ1) is 18.7. The van der Waals surface area contributed by atoms with Crippen LogP contribution in [0.3, 0.4) is 0 Å². The molecular weight excluding hydrogens is 340 g/mol. The summed E-state index contributed by atoms with van der Waals surface area (Å²) in [5, 5.41) is 13.3. The van der Waals surface area contributed by atoms with Crippen molar-refractivity contribution < 1.29 is 14.7 Å². The van der Waals surface area contributed by atoms with E-state index in [0.717, 1.165) is 16.5 Å². The van der Waals surface area contributed by atoms with E-state index in [1.165, 1.54) is 5.56 Å². The molecule has 1 aromatic heterocycles. The molecular formula is C22H24N2O3. The predicted molar refractivity (Wildman–Crippen MR) is 107 cm³/mol. The smallest absolute Gasteiger partial charge is 0.313 e. The van der Waals surface area contributed by atoms with Crippen LogP contribution in [0.5, 0.6) is 0 Å². The Hall–Kier alpha value is -3.08. The lowest BCUT2D eigenvalue weighted by molar-refractivity contribution is -0.142. The van der Waals surface area contributed by atoms with E-state index in [1.54, 1.807) is 38.1 Å². The third kappa shape index (κ3) is 3.87. The summed E-state index contributed by atoms with van der Waals surface area (Å²) in [6.07, 6.45) is 3.00. The highest BCUT2D eigenvalue weighted by Gasteiger charge is 2.29. The number of aromatic nitrogens is 1. The molecule has 140 valence electrons. The summed E-state index contributed by atoms with van der Waals surface area (Å²) in [7, 11) is 0. The van der Waals surface area contributed by atoms with Crippen molar-refractivity contribution in [2.24, 2.45) is 0 Å². The number of aliphatic carboxylic acids is 1. The van der Waals surface area contributed by atoms with Gasteiger partial charge in [-0.25, -0.2) is 0 Å². The Morgan fingerprint density at radius 1 is 1.11 bits per heavy atom. The topological polar surface area (TPSA) is 82.2 Å². The summed E-state index contributed by atoms with van der Waals surface area (Å²) >= 11 is 0. The molecule has 0 radical (unpaired) electrons. The van der Waals surface area contributed by atoms with E-state index in [0.29, 0.717) is 24.1 Å². The number of anilines is 1.